The van der Waals surface area contributed by atoms with Crippen molar-refractivity contribution in [1.29, 1.82) is 0 Å². The van der Waals surface area contributed by atoms with Crippen LogP contribution in [0.25, 0.3) is 0 Å². The molecular formula is C13H10Cl3NS. The third-order valence-corrected chi connectivity index (χ3v) is 4.46. The fourth-order valence-electron chi connectivity index (χ4n) is 1.47. The summed E-state index contributed by atoms with van der Waals surface area (Å²) in [4.78, 5) is 0.968. The van der Waals surface area contributed by atoms with Crippen LogP contribution >= 0.6 is 46.6 Å². The standard InChI is InChI=1S/C13H10Cl3NS/c14-8-4-5-13(12(17)6-8)18-7-9-10(15)2-1-3-11(9)16/h1-6H,7,17H2. The van der Waals surface area contributed by atoms with Gasteiger partial charge in [0.1, 0.15) is 0 Å². The number of hydrogen-bond acceptors (Lipinski definition) is 2. The van der Waals surface area contributed by atoms with E-state index in [4.69, 9.17) is 40.5 Å². The van der Waals surface area contributed by atoms with Crippen molar-refractivity contribution in [2.24, 2.45) is 0 Å². The van der Waals surface area contributed by atoms with E-state index in [0.717, 1.165) is 10.5 Å². The Bertz CT molecular complexity index is 552. The molecule has 0 saturated heterocycles. The van der Waals surface area contributed by atoms with Crippen LogP contribution < -0.4 is 5.73 Å². The van der Waals surface area contributed by atoms with Crippen LogP contribution in [0.3, 0.4) is 0 Å². The highest BCUT2D eigenvalue weighted by atomic mass is 35.5. The second-order valence-electron chi connectivity index (χ2n) is 3.67. The van der Waals surface area contributed by atoms with Gasteiger partial charge in [0.15, 0.2) is 0 Å². The average Bonchev–Trinajstić information content (AvgIpc) is 2.31. The summed E-state index contributed by atoms with van der Waals surface area (Å²) in [5.41, 5.74) is 7.47. The van der Waals surface area contributed by atoms with E-state index in [2.05, 4.69) is 0 Å². The third-order valence-electron chi connectivity index (χ3n) is 2.41. The number of rotatable bonds is 3. The molecule has 94 valence electrons. The van der Waals surface area contributed by atoms with Crippen molar-refractivity contribution in [2.75, 3.05) is 5.73 Å². The van der Waals surface area contributed by atoms with Crippen LogP contribution in [0.4, 0.5) is 5.69 Å². The van der Waals surface area contributed by atoms with Gasteiger partial charge in [-0.1, -0.05) is 40.9 Å². The Morgan fingerprint density at radius 3 is 2.28 bits per heavy atom. The second-order valence-corrected chi connectivity index (χ2v) is 5.94. The highest BCUT2D eigenvalue weighted by Crippen LogP contribution is 2.34. The summed E-state index contributed by atoms with van der Waals surface area (Å²) < 4.78 is 0. The maximum absolute atomic E-state index is 6.11. The van der Waals surface area contributed by atoms with E-state index in [9.17, 15) is 0 Å². The van der Waals surface area contributed by atoms with Crippen LogP contribution in [-0.2, 0) is 5.75 Å². The topological polar surface area (TPSA) is 26.0 Å². The van der Waals surface area contributed by atoms with Gasteiger partial charge in [0, 0.05) is 31.4 Å². The Balaban J connectivity index is 2.16. The van der Waals surface area contributed by atoms with E-state index in [-0.39, 0.29) is 0 Å². The molecule has 2 rings (SSSR count). The lowest BCUT2D eigenvalue weighted by Crippen LogP contribution is -1.90. The lowest BCUT2D eigenvalue weighted by molar-refractivity contribution is 1.38. The van der Waals surface area contributed by atoms with Crippen molar-refractivity contribution in [3.05, 3.63) is 57.0 Å². The van der Waals surface area contributed by atoms with Gasteiger partial charge >= 0.3 is 0 Å². The molecular weight excluding hydrogens is 309 g/mol. The summed E-state index contributed by atoms with van der Waals surface area (Å²) in [6.07, 6.45) is 0. The Kier molecular flexibility index (Phi) is 4.68. The van der Waals surface area contributed by atoms with E-state index in [1.54, 1.807) is 17.8 Å². The highest BCUT2D eigenvalue weighted by Gasteiger charge is 2.07. The van der Waals surface area contributed by atoms with Crippen LogP contribution in [-0.4, -0.2) is 0 Å². The van der Waals surface area contributed by atoms with Gasteiger partial charge in [0.25, 0.3) is 0 Å². The zero-order valence-corrected chi connectivity index (χ0v) is 12.4. The summed E-state index contributed by atoms with van der Waals surface area (Å²) in [6, 6.07) is 10.9. The van der Waals surface area contributed by atoms with E-state index in [1.807, 2.05) is 30.3 Å². The Hall–Kier alpha value is -0.540. The zero-order valence-electron chi connectivity index (χ0n) is 9.29. The van der Waals surface area contributed by atoms with Crippen LogP contribution in [0, 0.1) is 0 Å². The number of benzene rings is 2. The number of anilines is 1. The summed E-state index contributed by atoms with van der Waals surface area (Å²) in [5.74, 6) is 0.671. The van der Waals surface area contributed by atoms with Crippen molar-refractivity contribution >= 4 is 52.3 Å². The first kappa shape index (κ1) is 13.9. The number of hydrogen-bond donors (Lipinski definition) is 1. The molecule has 0 spiro atoms. The van der Waals surface area contributed by atoms with Crippen molar-refractivity contribution in [3.8, 4) is 0 Å². The van der Waals surface area contributed by atoms with E-state index >= 15 is 0 Å². The smallest absolute Gasteiger partial charge is 0.0467 e. The molecule has 2 aromatic rings. The van der Waals surface area contributed by atoms with Gasteiger partial charge in [-0.25, -0.2) is 0 Å². The highest BCUT2D eigenvalue weighted by molar-refractivity contribution is 7.98. The molecule has 0 aromatic heterocycles. The molecule has 18 heavy (non-hydrogen) atoms. The Morgan fingerprint density at radius 1 is 1.00 bits per heavy atom. The Morgan fingerprint density at radius 2 is 1.67 bits per heavy atom. The Labute approximate surface area is 125 Å². The van der Waals surface area contributed by atoms with Crippen LogP contribution in [0.1, 0.15) is 5.56 Å². The van der Waals surface area contributed by atoms with Crippen molar-refractivity contribution in [1.82, 2.24) is 0 Å². The fraction of sp³-hybridized carbons (Fsp3) is 0.0769. The van der Waals surface area contributed by atoms with E-state index in [0.29, 0.717) is 26.5 Å². The zero-order chi connectivity index (χ0) is 13.1. The average molecular weight is 319 g/mol. The minimum Gasteiger partial charge on any atom is -0.398 e. The summed E-state index contributed by atoms with van der Waals surface area (Å²) >= 11 is 19.7. The monoisotopic (exact) mass is 317 g/mol. The quantitative estimate of drug-likeness (QED) is 0.595. The number of nitrogen functional groups attached to an aromatic ring is 1. The lowest BCUT2D eigenvalue weighted by atomic mass is 10.2. The van der Waals surface area contributed by atoms with Gasteiger partial charge in [0.2, 0.25) is 0 Å². The second kappa shape index (κ2) is 6.07. The van der Waals surface area contributed by atoms with Gasteiger partial charge < -0.3 is 5.73 Å². The first-order valence-electron chi connectivity index (χ1n) is 5.18. The first-order valence-corrected chi connectivity index (χ1v) is 7.30. The molecule has 0 heterocycles. The molecule has 0 fully saturated rings. The normalized spacial score (nSPS) is 10.6. The van der Waals surface area contributed by atoms with Gasteiger partial charge in [0.05, 0.1) is 0 Å². The summed E-state index contributed by atoms with van der Waals surface area (Å²) in [6.45, 7) is 0. The molecule has 0 aliphatic heterocycles. The maximum Gasteiger partial charge on any atom is 0.0467 e. The van der Waals surface area contributed by atoms with Crippen LogP contribution in [0.5, 0.6) is 0 Å². The van der Waals surface area contributed by atoms with Crippen LogP contribution in [0.2, 0.25) is 15.1 Å². The molecule has 2 N–H and O–H groups in total. The predicted octanol–water partition coefficient (Wildman–Crippen LogP) is 5.52. The van der Waals surface area contributed by atoms with Crippen molar-refractivity contribution in [2.45, 2.75) is 10.6 Å². The lowest BCUT2D eigenvalue weighted by Gasteiger charge is -2.08. The third kappa shape index (κ3) is 3.27. The van der Waals surface area contributed by atoms with Crippen LogP contribution in [0.15, 0.2) is 41.3 Å². The molecule has 0 saturated carbocycles. The van der Waals surface area contributed by atoms with E-state index < -0.39 is 0 Å². The molecule has 0 amide bonds. The van der Waals surface area contributed by atoms with Gasteiger partial charge in [-0.05, 0) is 35.9 Å². The SMILES string of the molecule is Nc1cc(Cl)ccc1SCc1c(Cl)cccc1Cl. The molecule has 0 atom stereocenters. The molecule has 0 unspecified atom stereocenters. The molecule has 0 radical (unpaired) electrons. The largest absolute Gasteiger partial charge is 0.398 e. The van der Waals surface area contributed by atoms with Crippen molar-refractivity contribution in [3.63, 3.8) is 0 Å². The fourth-order valence-corrected chi connectivity index (χ4v) is 3.34. The molecule has 0 aliphatic rings. The molecule has 5 heteroatoms. The van der Waals surface area contributed by atoms with E-state index in [1.165, 1.54) is 0 Å². The van der Waals surface area contributed by atoms with Crippen molar-refractivity contribution < 1.29 is 0 Å². The minimum atomic E-state index is 0.632. The number of thioether (sulfide) groups is 1. The predicted molar refractivity (Wildman–Crippen MR) is 81.9 cm³/mol. The van der Waals surface area contributed by atoms with Gasteiger partial charge in [-0.3, -0.25) is 0 Å². The molecule has 2 aromatic carbocycles. The molecule has 0 bridgehead atoms. The summed E-state index contributed by atoms with van der Waals surface area (Å²) in [5, 5.41) is 1.97. The van der Waals surface area contributed by atoms with Gasteiger partial charge in [-0.2, -0.15) is 0 Å². The summed E-state index contributed by atoms with van der Waals surface area (Å²) in [7, 11) is 0. The maximum atomic E-state index is 6.11. The molecule has 1 nitrogen and oxygen atoms in total. The molecule has 0 aliphatic carbocycles. The number of halogens is 3. The number of nitrogens with two attached hydrogens (primary N) is 1. The minimum absolute atomic E-state index is 0.632. The first-order chi connectivity index (χ1) is 8.58. The van der Waals surface area contributed by atoms with Gasteiger partial charge in [-0.15, -0.1) is 11.8 Å².